The quantitative estimate of drug-likeness (QED) is 0.618. The molecule has 0 aliphatic rings. The van der Waals surface area contributed by atoms with Crippen LogP contribution >= 0.6 is 39.1 Å². The van der Waals surface area contributed by atoms with E-state index >= 15 is 0 Å². The van der Waals surface area contributed by atoms with Crippen LogP contribution in [0.3, 0.4) is 0 Å². The minimum Gasteiger partial charge on any atom is -0.507 e. The van der Waals surface area contributed by atoms with Crippen LogP contribution in [0.25, 0.3) is 0 Å². The molecule has 0 saturated heterocycles. The summed E-state index contributed by atoms with van der Waals surface area (Å²) in [7, 11) is 0. The largest absolute Gasteiger partial charge is 0.507 e. The zero-order chi connectivity index (χ0) is 18.6. The molecule has 0 fully saturated rings. The van der Waals surface area contributed by atoms with Gasteiger partial charge in [-0.3, -0.25) is 0 Å². The van der Waals surface area contributed by atoms with Crippen LogP contribution in [0.15, 0.2) is 28.7 Å². The molecule has 25 heavy (non-hydrogen) atoms. The predicted molar refractivity (Wildman–Crippen MR) is 97.2 cm³/mol. The summed E-state index contributed by atoms with van der Waals surface area (Å²) in [4.78, 5) is 11.3. The highest BCUT2D eigenvalue weighted by molar-refractivity contribution is 9.10. The van der Waals surface area contributed by atoms with E-state index in [-0.39, 0.29) is 35.4 Å². The van der Waals surface area contributed by atoms with Crippen LogP contribution in [0.2, 0.25) is 10.0 Å². The summed E-state index contributed by atoms with van der Waals surface area (Å²) in [6.45, 7) is 1.69. The normalized spacial score (nSPS) is 10.6. The number of hydrogen-bond acceptors (Lipinski definition) is 4. The lowest BCUT2D eigenvalue weighted by atomic mass is 10.0. The average Bonchev–Trinajstić information content (AvgIpc) is 2.54. The number of phenolic OH excluding ortho intramolecular Hbond substituents is 1. The summed E-state index contributed by atoms with van der Waals surface area (Å²) in [5.74, 6) is -0.967. The molecular formula is C17H14BrCl2FO4. The number of rotatable bonds is 6. The molecule has 0 amide bonds. The van der Waals surface area contributed by atoms with Gasteiger partial charge in [-0.2, -0.15) is 0 Å². The van der Waals surface area contributed by atoms with Crippen LogP contribution in [0.4, 0.5) is 4.39 Å². The van der Waals surface area contributed by atoms with Crippen molar-refractivity contribution in [1.29, 1.82) is 0 Å². The molecule has 0 bridgehead atoms. The van der Waals surface area contributed by atoms with E-state index in [1.54, 1.807) is 6.92 Å². The third kappa shape index (κ3) is 5.23. The van der Waals surface area contributed by atoms with Gasteiger partial charge >= 0.3 is 5.97 Å². The number of ether oxygens (including phenoxy) is 2. The van der Waals surface area contributed by atoms with Gasteiger partial charge in [-0.25, -0.2) is 9.18 Å². The molecule has 0 aromatic heterocycles. The molecule has 0 unspecified atom stereocenters. The lowest BCUT2D eigenvalue weighted by molar-refractivity contribution is -0.145. The van der Waals surface area contributed by atoms with Crippen LogP contribution in [0.5, 0.6) is 11.5 Å². The first-order chi connectivity index (χ1) is 11.8. The fourth-order valence-electron chi connectivity index (χ4n) is 2.08. The first-order valence-corrected chi connectivity index (χ1v) is 8.80. The van der Waals surface area contributed by atoms with Crippen molar-refractivity contribution >= 4 is 45.1 Å². The van der Waals surface area contributed by atoms with Crippen molar-refractivity contribution in [2.45, 2.75) is 13.3 Å². The van der Waals surface area contributed by atoms with Crippen LogP contribution in [-0.2, 0) is 16.0 Å². The number of halogens is 4. The SMILES string of the molecule is CCOC(=O)COc1cc(Cl)c(Cc2cc(Br)c(O)cc2F)c(Cl)c1. The van der Waals surface area contributed by atoms with Crippen LogP contribution in [0.1, 0.15) is 18.1 Å². The van der Waals surface area contributed by atoms with E-state index in [4.69, 9.17) is 32.7 Å². The van der Waals surface area contributed by atoms with Gasteiger partial charge in [-0.1, -0.05) is 23.2 Å². The predicted octanol–water partition coefficient (Wildman–Crippen LogP) is 5.13. The van der Waals surface area contributed by atoms with Gasteiger partial charge in [0.2, 0.25) is 0 Å². The van der Waals surface area contributed by atoms with Crippen LogP contribution in [-0.4, -0.2) is 24.3 Å². The molecule has 2 aromatic carbocycles. The Labute approximate surface area is 162 Å². The molecule has 2 rings (SSSR count). The third-order valence-corrected chi connectivity index (χ3v) is 4.57. The van der Waals surface area contributed by atoms with Gasteiger partial charge in [0, 0.05) is 22.5 Å². The zero-order valence-corrected chi connectivity index (χ0v) is 16.2. The molecular weight excluding hydrogens is 438 g/mol. The van der Waals surface area contributed by atoms with E-state index in [1.807, 2.05) is 0 Å². The van der Waals surface area contributed by atoms with Gasteiger partial charge in [0.15, 0.2) is 6.61 Å². The van der Waals surface area contributed by atoms with Gasteiger partial charge in [0.05, 0.1) is 11.1 Å². The maximum Gasteiger partial charge on any atom is 0.344 e. The number of carbonyl (C=O) groups excluding carboxylic acids is 1. The lowest BCUT2D eigenvalue weighted by Crippen LogP contribution is -2.14. The van der Waals surface area contributed by atoms with Crippen molar-refractivity contribution in [3.63, 3.8) is 0 Å². The summed E-state index contributed by atoms with van der Waals surface area (Å²) >= 11 is 15.6. The van der Waals surface area contributed by atoms with E-state index in [9.17, 15) is 14.3 Å². The van der Waals surface area contributed by atoms with Gasteiger partial charge in [-0.15, -0.1) is 0 Å². The average molecular weight is 452 g/mol. The Kier molecular flexibility index (Phi) is 6.93. The first kappa shape index (κ1) is 19.8. The molecule has 8 heteroatoms. The van der Waals surface area contributed by atoms with E-state index in [0.717, 1.165) is 6.07 Å². The van der Waals surface area contributed by atoms with Crippen molar-refractivity contribution in [3.8, 4) is 11.5 Å². The number of benzene rings is 2. The standard InChI is InChI=1S/C17H14BrCl2FO4/c1-2-24-17(23)8-25-10-5-13(19)11(14(20)6-10)3-9-4-12(18)16(22)7-15(9)21/h4-7,22H,2-3,8H2,1H3. The summed E-state index contributed by atoms with van der Waals surface area (Å²) in [5.41, 5.74) is 0.817. The van der Waals surface area contributed by atoms with E-state index in [1.165, 1.54) is 18.2 Å². The summed E-state index contributed by atoms with van der Waals surface area (Å²) in [6.07, 6.45) is 0.126. The highest BCUT2D eigenvalue weighted by Gasteiger charge is 2.15. The molecule has 4 nitrogen and oxygen atoms in total. The summed E-state index contributed by atoms with van der Waals surface area (Å²) in [6, 6.07) is 5.46. The number of esters is 1. The van der Waals surface area contributed by atoms with E-state index in [2.05, 4.69) is 15.9 Å². The molecule has 2 aromatic rings. The smallest absolute Gasteiger partial charge is 0.344 e. The molecule has 0 atom stereocenters. The monoisotopic (exact) mass is 450 g/mol. The van der Waals surface area contributed by atoms with Crippen molar-refractivity contribution in [2.75, 3.05) is 13.2 Å². The van der Waals surface area contributed by atoms with E-state index in [0.29, 0.717) is 21.3 Å². The fraction of sp³-hybridized carbons (Fsp3) is 0.235. The summed E-state index contributed by atoms with van der Waals surface area (Å²) in [5, 5.41) is 10.0. The topological polar surface area (TPSA) is 55.8 Å². The second-order valence-electron chi connectivity index (χ2n) is 5.03. The Morgan fingerprint density at radius 1 is 1.24 bits per heavy atom. The van der Waals surface area contributed by atoms with Gasteiger partial charge in [0.1, 0.15) is 17.3 Å². The molecule has 0 spiro atoms. The third-order valence-electron chi connectivity index (χ3n) is 3.26. The molecule has 0 aliphatic carbocycles. The molecule has 134 valence electrons. The Morgan fingerprint density at radius 3 is 2.48 bits per heavy atom. The second kappa shape index (κ2) is 8.74. The Balaban J connectivity index is 2.20. The number of aromatic hydroxyl groups is 1. The molecule has 0 radical (unpaired) electrons. The van der Waals surface area contributed by atoms with Gasteiger partial charge < -0.3 is 14.6 Å². The number of hydrogen-bond donors (Lipinski definition) is 1. The minimum atomic E-state index is -0.574. The second-order valence-corrected chi connectivity index (χ2v) is 6.70. The lowest BCUT2D eigenvalue weighted by Gasteiger charge is -2.12. The Hall–Kier alpha value is -1.50. The van der Waals surface area contributed by atoms with Gasteiger partial charge in [0.25, 0.3) is 0 Å². The van der Waals surface area contributed by atoms with Gasteiger partial charge in [-0.05, 0) is 52.2 Å². The highest BCUT2D eigenvalue weighted by atomic mass is 79.9. The molecule has 1 N–H and O–H groups in total. The Bertz CT molecular complexity index is 775. The van der Waals surface area contributed by atoms with E-state index < -0.39 is 11.8 Å². The fourth-order valence-corrected chi connectivity index (χ4v) is 3.07. The molecule has 0 aliphatic heterocycles. The Morgan fingerprint density at radius 2 is 1.88 bits per heavy atom. The molecule has 0 heterocycles. The molecule has 0 saturated carbocycles. The van der Waals surface area contributed by atoms with Crippen LogP contribution < -0.4 is 4.74 Å². The van der Waals surface area contributed by atoms with Crippen molar-refractivity contribution in [3.05, 3.63) is 55.7 Å². The van der Waals surface area contributed by atoms with Crippen molar-refractivity contribution in [2.24, 2.45) is 0 Å². The first-order valence-electron chi connectivity index (χ1n) is 7.25. The maximum absolute atomic E-state index is 14.0. The maximum atomic E-state index is 14.0. The minimum absolute atomic E-state index is 0.126. The van der Waals surface area contributed by atoms with Crippen molar-refractivity contribution in [1.82, 2.24) is 0 Å². The highest BCUT2D eigenvalue weighted by Crippen LogP contribution is 2.34. The zero-order valence-electron chi connectivity index (χ0n) is 13.1. The summed E-state index contributed by atoms with van der Waals surface area (Å²) < 4.78 is 24.4. The van der Waals surface area contributed by atoms with Crippen LogP contribution in [0, 0.1) is 5.82 Å². The van der Waals surface area contributed by atoms with Crippen molar-refractivity contribution < 1.29 is 23.8 Å². The number of phenols is 1. The number of carbonyl (C=O) groups is 1.